The zero-order valence-corrected chi connectivity index (χ0v) is 20.0. The zero-order chi connectivity index (χ0) is 22.7. The maximum atomic E-state index is 14.2. The minimum absolute atomic E-state index is 0.167. The number of anilines is 2. The van der Waals surface area contributed by atoms with Crippen LogP contribution in [0.3, 0.4) is 0 Å². The summed E-state index contributed by atoms with van der Waals surface area (Å²) in [4.78, 5) is 14.2. The highest BCUT2D eigenvalue weighted by Crippen LogP contribution is 2.48. The van der Waals surface area contributed by atoms with E-state index in [2.05, 4.69) is 71.4 Å². The number of hydrogen-bond acceptors (Lipinski definition) is 3. The second kappa shape index (κ2) is 9.79. The molecule has 0 saturated heterocycles. The molecule has 0 bridgehead atoms. The Kier molecular flexibility index (Phi) is 6.62. The van der Waals surface area contributed by atoms with Crippen molar-refractivity contribution in [3.05, 3.63) is 59.7 Å². The van der Waals surface area contributed by atoms with Crippen molar-refractivity contribution in [2.75, 3.05) is 10.6 Å². The molecule has 0 aromatic heterocycles. The molecule has 1 amide bonds. The number of rotatable bonds is 6. The normalized spacial score (nSPS) is 21.5. The van der Waals surface area contributed by atoms with Crippen LogP contribution in [-0.4, -0.2) is 11.9 Å². The highest BCUT2D eigenvalue weighted by Gasteiger charge is 2.52. The Balaban J connectivity index is 1.55. The van der Waals surface area contributed by atoms with E-state index in [0.29, 0.717) is 12.0 Å². The highest BCUT2D eigenvalue weighted by molar-refractivity contribution is 5.86. The minimum Gasteiger partial charge on any atom is -0.357 e. The third-order valence-corrected chi connectivity index (χ3v) is 8.23. The number of amides is 1. The number of benzene rings is 2. The highest BCUT2D eigenvalue weighted by atomic mass is 16.2. The predicted octanol–water partition coefficient (Wildman–Crippen LogP) is 6.58. The SMILES string of the molecule is CCc1ccc(C2(C(C(=O)NC3CCCCC3)C3CCCCC3)Nc3ccccc3N2)cc1. The van der Waals surface area contributed by atoms with E-state index in [-0.39, 0.29) is 11.8 Å². The van der Waals surface area contributed by atoms with Gasteiger partial charge in [0.1, 0.15) is 5.66 Å². The number of carbonyl (C=O) groups is 1. The summed E-state index contributed by atoms with van der Waals surface area (Å²) in [6, 6.07) is 17.6. The molecule has 2 saturated carbocycles. The van der Waals surface area contributed by atoms with Crippen LogP contribution in [0.15, 0.2) is 48.5 Å². The summed E-state index contributed by atoms with van der Waals surface area (Å²) < 4.78 is 0. The molecule has 2 aliphatic carbocycles. The summed E-state index contributed by atoms with van der Waals surface area (Å²) in [7, 11) is 0. The molecule has 2 fully saturated rings. The lowest BCUT2D eigenvalue weighted by atomic mass is 9.71. The van der Waals surface area contributed by atoms with E-state index in [4.69, 9.17) is 0 Å². The van der Waals surface area contributed by atoms with Gasteiger partial charge in [-0.25, -0.2) is 0 Å². The average molecular weight is 446 g/mol. The molecule has 4 nitrogen and oxygen atoms in total. The summed E-state index contributed by atoms with van der Waals surface area (Å²) in [6.45, 7) is 2.19. The van der Waals surface area contributed by atoms with Gasteiger partial charge in [0.15, 0.2) is 0 Å². The zero-order valence-electron chi connectivity index (χ0n) is 20.0. The number of nitrogens with one attached hydrogen (secondary N) is 3. The molecule has 2 aromatic rings. The van der Waals surface area contributed by atoms with Crippen molar-refractivity contribution < 1.29 is 4.79 Å². The number of para-hydroxylation sites is 2. The van der Waals surface area contributed by atoms with Crippen LogP contribution in [0.1, 0.15) is 82.3 Å². The minimum atomic E-state index is -0.628. The van der Waals surface area contributed by atoms with Crippen molar-refractivity contribution in [1.29, 1.82) is 0 Å². The molecule has 0 radical (unpaired) electrons. The van der Waals surface area contributed by atoms with Crippen molar-refractivity contribution in [3.63, 3.8) is 0 Å². The van der Waals surface area contributed by atoms with Gasteiger partial charge in [-0.15, -0.1) is 0 Å². The summed E-state index contributed by atoms with van der Waals surface area (Å²) in [5.74, 6) is 0.420. The van der Waals surface area contributed by atoms with E-state index in [1.54, 1.807) is 0 Å². The molecule has 1 aliphatic heterocycles. The van der Waals surface area contributed by atoms with Gasteiger partial charge in [-0.05, 0) is 61.3 Å². The summed E-state index contributed by atoms with van der Waals surface area (Å²) in [5.41, 5.74) is 4.03. The van der Waals surface area contributed by atoms with E-state index in [9.17, 15) is 4.79 Å². The third-order valence-electron chi connectivity index (χ3n) is 8.23. The lowest BCUT2D eigenvalue weighted by Crippen LogP contribution is -2.56. The second-order valence-electron chi connectivity index (χ2n) is 10.4. The largest absolute Gasteiger partial charge is 0.357 e. The van der Waals surface area contributed by atoms with Gasteiger partial charge in [-0.2, -0.15) is 0 Å². The molecule has 4 heteroatoms. The van der Waals surface area contributed by atoms with Gasteiger partial charge in [0.2, 0.25) is 5.91 Å². The molecule has 33 heavy (non-hydrogen) atoms. The van der Waals surface area contributed by atoms with Crippen LogP contribution in [0.25, 0.3) is 0 Å². The molecule has 1 heterocycles. The molecule has 1 unspecified atom stereocenters. The Bertz CT molecular complexity index is 917. The molecule has 3 aliphatic rings. The maximum Gasteiger partial charge on any atom is 0.228 e. The summed E-state index contributed by atoms with van der Waals surface area (Å²) in [6.07, 6.45) is 13.0. The predicted molar refractivity (Wildman–Crippen MR) is 136 cm³/mol. The lowest BCUT2D eigenvalue weighted by molar-refractivity contribution is -0.130. The number of carbonyl (C=O) groups excluding carboxylic acids is 1. The van der Waals surface area contributed by atoms with E-state index in [0.717, 1.165) is 49.0 Å². The first kappa shape index (κ1) is 22.3. The van der Waals surface area contributed by atoms with Gasteiger partial charge < -0.3 is 16.0 Å². The Morgan fingerprint density at radius 1 is 0.879 bits per heavy atom. The maximum absolute atomic E-state index is 14.2. The first-order valence-corrected chi connectivity index (χ1v) is 13.2. The quantitative estimate of drug-likeness (QED) is 0.470. The van der Waals surface area contributed by atoms with Crippen LogP contribution in [0.2, 0.25) is 0 Å². The van der Waals surface area contributed by atoms with E-state index in [1.807, 2.05) is 0 Å². The van der Waals surface area contributed by atoms with Crippen LogP contribution >= 0.6 is 0 Å². The molecule has 176 valence electrons. The van der Waals surface area contributed by atoms with E-state index < -0.39 is 5.66 Å². The molecule has 2 aromatic carbocycles. The molecule has 3 N–H and O–H groups in total. The van der Waals surface area contributed by atoms with Gasteiger partial charge in [0.05, 0.1) is 17.3 Å². The monoisotopic (exact) mass is 445 g/mol. The van der Waals surface area contributed by atoms with Gasteiger partial charge in [-0.3, -0.25) is 4.79 Å². The lowest BCUT2D eigenvalue weighted by Gasteiger charge is -2.44. The molecule has 1 atom stereocenters. The fraction of sp³-hybridized carbons (Fsp3) is 0.552. The number of hydrogen-bond donors (Lipinski definition) is 3. The van der Waals surface area contributed by atoms with E-state index in [1.165, 1.54) is 44.1 Å². The first-order chi connectivity index (χ1) is 16.2. The molecule has 5 rings (SSSR count). The van der Waals surface area contributed by atoms with Gasteiger partial charge in [-0.1, -0.05) is 81.8 Å². The topological polar surface area (TPSA) is 53.2 Å². The number of aryl methyl sites for hydroxylation is 1. The van der Waals surface area contributed by atoms with Crippen molar-refractivity contribution in [1.82, 2.24) is 5.32 Å². The van der Waals surface area contributed by atoms with Gasteiger partial charge in [0, 0.05) is 6.04 Å². The van der Waals surface area contributed by atoms with Gasteiger partial charge >= 0.3 is 0 Å². The number of fused-ring (bicyclic) bond motifs is 1. The van der Waals surface area contributed by atoms with Crippen molar-refractivity contribution >= 4 is 17.3 Å². The molecular formula is C29H39N3O. The van der Waals surface area contributed by atoms with Crippen molar-refractivity contribution in [2.45, 2.75) is 89.3 Å². The Labute approximate surface area is 198 Å². The smallest absolute Gasteiger partial charge is 0.228 e. The Hall–Kier alpha value is -2.49. The van der Waals surface area contributed by atoms with Gasteiger partial charge in [0.25, 0.3) is 0 Å². The first-order valence-electron chi connectivity index (χ1n) is 13.2. The Morgan fingerprint density at radius 2 is 1.45 bits per heavy atom. The molecule has 0 spiro atoms. The van der Waals surface area contributed by atoms with Crippen LogP contribution in [0.4, 0.5) is 11.4 Å². The van der Waals surface area contributed by atoms with Crippen molar-refractivity contribution in [2.24, 2.45) is 11.8 Å². The fourth-order valence-electron chi connectivity index (χ4n) is 6.41. The average Bonchev–Trinajstić information content (AvgIpc) is 3.25. The summed E-state index contributed by atoms with van der Waals surface area (Å²) in [5, 5.41) is 11.2. The van der Waals surface area contributed by atoms with Crippen LogP contribution in [0, 0.1) is 11.8 Å². The van der Waals surface area contributed by atoms with Crippen LogP contribution < -0.4 is 16.0 Å². The fourth-order valence-corrected chi connectivity index (χ4v) is 6.41. The standard InChI is InChI=1S/C29H39N3O/c1-2-21-17-19-23(20-18-21)29(31-25-15-9-10-16-26(25)32-29)27(22-11-5-3-6-12-22)28(33)30-24-13-7-4-8-14-24/h9-10,15-20,22,24,27,31-32H,2-8,11-14H2,1H3,(H,30,33). The van der Waals surface area contributed by atoms with E-state index >= 15 is 0 Å². The second-order valence-corrected chi connectivity index (χ2v) is 10.4. The third kappa shape index (κ3) is 4.49. The Morgan fingerprint density at radius 3 is 2.03 bits per heavy atom. The van der Waals surface area contributed by atoms with Crippen molar-refractivity contribution in [3.8, 4) is 0 Å². The van der Waals surface area contributed by atoms with Crippen LogP contribution in [0.5, 0.6) is 0 Å². The van der Waals surface area contributed by atoms with Crippen LogP contribution in [-0.2, 0) is 16.9 Å². The summed E-state index contributed by atoms with van der Waals surface area (Å²) >= 11 is 0. The molecular weight excluding hydrogens is 406 g/mol.